The fraction of sp³-hybridized carbons (Fsp3) is 0.273. The number of rotatable bonds is 1. The van der Waals surface area contributed by atoms with Crippen LogP contribution in [0.3, 0.4) is 0 Å². The maximum Gasteiger partial charge on any atom is 0.0767 e. The molecule has 0 amide bonds. The highest BCUT2D eigenvalue weighted by molar-refractivity contribution is 5.66. The maximum absolute atomic E-state index is 5.67. The van der Waals surface area contributed by atoms with Crippen LogP contribution in [0, 0.1) is 13.8 Å². The minimum absolute atomic E-state index is 0.692. The van der Waals surface area contributed by atoms with Gasteiger partial charge in [-0.05, 0) is 25.5 Å². The third-order valence-electron chi connectivity index (χ3n) is 2.59. The molecule has 2 aromatic rings. The smallest absolute Gasteiger partial charge is 0.0767 e. The molecular weight excluding hydrogens is 188 g/mol. The van der Waals surface area contributed by atoms with Crippen LogP contribution in [-0.4, -0.2) is 14.8 Å². The molecule has 0 radical (unpaired) electrons. The number of nitrogen functional groups attached to an aromatic ring is 1. The molecule has 0 atom stereocenters. The van der Waals surface area contributed by atoms with Gasteiger partial charge in [-0.15, -0.1) is 0 Å². The quantitative estimate of drug-likeness (QED) is 0.765. The summed E-state index contributed by atoms with van der Waals surface area (Å²) in [5, 5.41) is 4.20. The molecule has 0 aliphatic rings. The molecular formula is C11H14N4. The van der Waals surface area contributed by atoms with Crippen molar-refractivity contribution in [2.75, 3.05) is 5.73 Å². The first kappa shape index (κ1) is 9.71. The highest BCUT2D eigenvalue weighted by Gasteiger charge is 2.10. The van der Waals surface area contributed by atoms with E-state index in [1.165, 1.54) is 0 Å². The molecule has 0 spiro atoms. The number of hydrogen-bond donors (Lipinski definition) is 1. The lowest BCUT2D eigenvalue weighted by Gasteiger charge is -2.04. The van der Waals surface area contributed by atoms with Gasteiger partial charge in [0.2, 0.25) is 0 Å². The Kier molecular flexibility index (Phi) is 2.19. The van der Waals surface area contributed by atoms with Gasteiger partial charge in [0.25, 0.3) is 0 Å². The van der Waals surface area contributed by atoms with Crippen molar-refractivity contribution in [3.8, 4) is 11.3 Å². The Bertz CT molecular complexity index is 499. The van der Waals surface area contributed by atoms with Crippen molar-refractivity contribution < 1.29 is 0 Å². The summed E-state index contributed by atoms with van der Waals surface area (Å²) in [6.07, 6.45) is 3.51. The van der Waals surface area contributed by atoms with Crippen molar-refractivity contribution in [2.24, 2.45) is 7.05 Å². The van der Waals surface area contributed by atoms with Crippen molar-refractivity contribution in [1.82, 2.24) is 14.8 Å². The van der Waals surface area contributed by atoms with Crippen LogP contribution in [0.1, 0.15) is 11.3 Å². The van der Waals surface area contributed by atoms with Crippen molar-refractivity contribution >= 4 is 5.69 Å². The molecule has 0 saturated carbocycles. The Morgan fingerprint density at radius 2 is 2.00 bits per heavy atom. The second-order valence-electron chi connectivity index (χ2n) is 3.70. The summed E-state index contributed by atoms with van der Waals surface area (Å²) in [6, 6.07) is 1.93. The van der Waals surface area contributed by atoms with Crippen LogP contribution in [0.5, 0.6) is 0 Å². The fourth-order valence-electron chi connectivity index (χ4n) is 1.61. The second-order valence-corrected chi connectivity index (χ2v) is 3.70. The average Bonchev–Trinajstić information content (AvgIpc) is 2.49. The lowest BCUT2D eigenvalue weighted by molar-refractivity contribution is 0.740. The van der Waals surface area contributed by atoms with Crippen molar-refractivity contribution in [3.05, 3.63) is 29.7 Å². The number of aryl methyl sites for hydroxylation is 2. The molecule has 0 unspecified atom stereocenters. The normalized spacial score (nSPS) is 10.6. The Hall–Kier alpha value is -1.84. The lowest BCUT2D eigenvalue weighted by atomic mass is 10.1. The summed E-state index contributed by atoms with van der Waals surface area (Å²) in [4.78, 5) is 4.34. The van der Waals surface area contributed by atoms with Crippen molar-refractivity contribution in [3.63, 3.8) is 0 Å². The summed E-state index contributed by atoms with van der Waals surface area (Å²) in [6.45, 7) is 4.03. The second kappa shape index (κ2) is 3.38. The monoisotopic (exact) mass is 202 g/mol. The zero-order valence-electron chi connectivity index (χ0n) is 9.15. The summed E-state index contributed by atoms with van der Waals surface area (Å²) in [5.74, 6) is 0. The van der Waals surface area contributed by atoms with E-state index in [4.69, 9.17) is 5.73 Å². The molecule has 2 heterocycles. The molecule has 0 bridgehead atoms. The predicted octanol–water partition coefficient (Wildman–Crippen LogP) is 1.68. The van der Waals surface area contributed by atoms with Gasteiger partial charge in [-0.2, -0.15) is 5.10 Å². The highest BCUT2D eigenvalue weighted by atomic mass is 15.3. The predicted molar refractivity (Wildman–Crippen MR) is 60.3 cm³/mol. The molecule has 0 fully saturated rings. The zero-order valence-corrected chi connectivity index (χ0v) is 9.15. The van der Waals surface area contributed by atoms with Gasteiger partial charge >= 0.3 is 0 Å². The number of aromatic nitrogens is 3. The van der Waals surface area contributed by atoms with Crippen LogP contribution < -0.4 is 5.73 Å². The van der Waals surface area contributed by atoms with Crippen LogP contribution in [-0.2, 0) is 7.05 Å². The SMILES string of the molecule is Cc1cc(N)cnc1-c1cnn(C)c1C. The summed E-state index contributed by atoms with van der Waals surface area (Å²) < 4.78 is 1.84. The van der Waals surface area contributed by atoms with Crippen LogP contribution in [0.4, 0.5) is 5.69 Å². The highest BCUT2D eigenvalue weighted by Crippen LogP contribution is 2.24. The molecule has 2 N–H and O–H groups in total. The Labute approximate surface area is 88.8 Å². The average molecular weight is 202 g/mol. The van der Waals surface area contributed by atoms with Gasteiger partial charge in [-0.1, -0.05) is 0 Å². The third-order valence-corrected chi connectivity index (χ3v) is 2.59. The Morgan fingerprint density at radius 3 is 2.53 bits per heavy atom. The topological polar surface area (TPSA) is 56.7 Å². The fourth-order valence-corrected chi connectivity index (χ4v) is 1.61. The third kappa shape index (κ3) is 1.58. The van der Waals surface area contributed by atoms with E-state index >= 15 is 0 Å². The molecule has 0 aliphatic carbocycles. The van der Waals surface area contributed by atoms with Crippen LogP contribution in [0.15, 0.2) is 18.5 Å². The largest absolute Gasteiger partial charge is 0.397 e. The van der Waals surface area contributed by atoms with E-state index in [1.54, 1.807) is 6.20 Å². The van der Waals surface area contributed by atoms with E-state index in [0.717, 1.165) is 22.5 Å². The molecule has 4 heteroatoms. The van der Waals surface area contributed by atoms with Gasteiger partial charge < -0.3 is 5.73 Å². The minimum atomic E-state index is 0.692. The molecule has 0 saturated heterocycles. The van der Waals surface area contributed by atoms with E-state index in [9.17, 15) is 0 Å². The zero-order chi connectivity index (χ0) is 11.0. The minimum Gasteiger partial charge on any atom is -0.397 e. The van der Waals surface area contributed by atoms with Crippen LogP contribution >= 0.6 is 0 Å². The van der Waals surface area contributed by atoms with E-state index in [0.29, 0.717) is 5.69 Å². The van der Waals surface area contributed by atoms with Crippen LogP contribution in [0.2, 0.25) is 0 Å². The van der Waals surface area contributed by atoms with Gasteiger partial charge in [0, 0.05) is 18.3 Å². The van der Waals surface area contributed by atoms with E-state index in [-0.39, 0.29) is 0 Å². The van der Waals surface area contributed by atoms with Gasteiger partial charge in [0.05, 0.1) is 23.8 Å². The number of nitrogens with two attached hydrogens (primary N) is 1. The molecule has 2 aromatic heterocycles. The Balaban J connectivity index is 2.59. The molecule has 2 rings (SSSR count). The first-order valence-corrected chi connectivity index (χ1v) is 4.80. The Morgan fingerprint density at radius 1 is 1.27 bits per heavy atom. The van der Waals surface area contributed by atoms with Crippen molar-refractivity contribution in [1.29, 1.82) is 0 Å². The maximum atomic E-state index is 5.67. The van der Waals surface area contributed by atoms with E-state index in [2.05, 4.69) is 10.1 Å². The number of anilines is 1. The molecule has 0 aliphatic heterocycles. The van der Waals surface area contributed by atoms with Gasteiger partial charge in [0.15, 0.2) is 0 Å². The van der Waals surface area contributed by atoms with E-state index < -0.39 is 0 Å². The van der Waals surface area contributed by atoms with Gasteiger partial charge in [-0.25, -0.2) is 0 Å². The van der Waals surface area contributed by atoms with Crippen molar-refractivity contribution in [2.45, 2.75) is 13.8 Å². The number of pyridine rings is 1. The molecule has 0 aromatic carbocycles. The molecule has 78 valence electrons. The number of nitrogens with zero attached hydrogens (tertiary/aromatic N) is 3. The number of hydrogen-bond acceptors (Lipinski definition) is 3. The first-order chi connectivity index (χ1) is 7.09. The van der Waals surface area contributed by atoms with Gasteiger partial charge in [0.1, 0.15) is 0 Å². The van der Waals surface area contributed by atoms with Crippen LogP contribution in [0.25, 0.3) is 11.3 Å². The molecule has 4 nitrogen and oxygen atoms in total. The first-order valence-electron chi connectivity index (χ1n) is 4.80. The van der Waals surface area contributed by atoms with Gasteiger partial charge in [-0.3, -0.25) is 9.67 Å². The summed E-state index contributed by atoms with van der Waals surface area (Å²) in [7, 11) is 1.92. The summed E-state index contributed by atoms with van der Waals surface area (Å²) >= 11 is 0. The lowest BCUT2D eigenvalue weighted by Crippen LogP contribution is -1.95. The molecule has 15 heavy (non-hydrogen) atoms. The standard InChI is InChI=1S/C11H14N4/c1-7-4-9(12)5-13-11(7)10-6-14-15(3)8(10)2/h4-6H,12H2,1-3H3. The summed E-state index contributed by atoms with van der Waals surface area (Å²) in [5.41, 5.74) is 10.6. The van der Waals surface area contributed by atoms with E-state index in [1.807, 2.05) is 37.8 Å².